The van der Waals surface area contributed by atoms with Gasteiger partial charge in [0.2, 0.25) is 5.28 Å². The van der Waals surface area contributed by atoms with Crippen LogP contribution in [-0.2, 0) is 11.4 Å². The van der Waals surface area contributed by atoms with E-state index in [2.05, 4.69) is 24.0 Å². The van der Waals surface area contributed by atoms with E-state index >= 15 is 0 Å². The fourth-order valence-corrected chi connectivity index (χ4v) is 2.98. The van der Waals surface area contributed by atoms with E-state index in [0.717, 1.165) is 11.4 Å². The molecule has 3 rings (SSSR count). The molecule has 1 aromatic carbocycles. The van der Waals surface area contributed by atoms with Crippen molar-refractivity contribution in [1.29, 1.82) is 0 Å². The first-order chi connectivity index (χ1) is 9.56. The summed E-state index contributed by atoms with van der Waals surface area (Å²) in [7, 11) is 0. The van der Waals surface area contributed by atoms with Crippen molar-refractivity contribution in [3.8, 4) is 0 Å². The van der Waals surface area contributed by atoms with Crippen molar-refractivity contribution < 1.29 is 0 Å². The quantitative estimate of drug-likeness (QED) is 0.604. The minimum atomic E-state index is 0.0645. The highest BCUT2D eigenvalue weighted by Crippen LogP contribution is 2.48. The van der Waals surface area contributed by atoms with E-state index in [-0.39, 0.29) is 5.28 Å². The lowest BCUT2D eigenvalue weighted by atomic mass is 10.2. The molecule has 2 heterocycles. The number of aromatic nitrogens is 2. The van der Waals surface area contributed by atoms with Crippen LogP contribution in [0, 0.1) is 0 Å². The Labute approximate surface area is 137 Å². The Balaban J connectivity index is 2.11. The molecule has 0 bridgehead atoms. The van der Waals surface area contributed by atoms with E-state index < -0.39 is 0 Å². The van der Waals surface area contributed by atoms with Crippen molar-refractivity contribution in [3.05, 3.63) is 32.6 Å². The van der Waals surface area contributed by atoms with Gasteiger partial charge in [-0.1, -0.05) is 34.8 Å². The molecule has 0 atom stereocenters. The third kappa shape index (κ3) is 2.49. The summed E-state index contributed by atoms with van der Waals surface area (Å²) < 4.78 is 8.28. The van der Waals surface area contributed by atoms with Gasteiger partial charge in [0.15, 0.2) is 5.82 Å². The number of rotatable bonds is 2. The number of benzene rings is 1. The first-order valence-corrected chi connectivity index (χ1v) is 7.36. The van der Waals surface area contributed by atoms with Crippen LogP contribution in [0.3, 0.4) is 0 Å². The Bertz CT molecular complexity index is 788. The second-order valence-corrected chi connectivity index (χ2v) is 5.73. The van der Waals surface area contributed by atoms with Crippen molar-refractivity contribution in [2.24, 2.45) is 8.73 Å². The molecule has 2 aromatic rings. The molecule has 1 aromatic heterocycles. The molecule has 1 N–H and O–H groups in total. The van der Waals surface area contributed by atoms with Crippen LogP contribution in [-0.4, -0.2) is 9.97 Å². The van der Waals surface area contributed by atoms with Crippen molar-refractivity contribution >= 4 is 80.6 Å². The SMILES string of the molecule is Clc1ncc(Cl)c(Nc2c(Cl)cc(Cl)c3c2N=S=N3)n1. The molecular formula is C10H3Cl4N5S. The molecular weight excluding hydrogens is 364 g/mol. The lowest BCUT2D eigenvalue weighted by Gasteiger charge is -2.12. The van der Waals surface area contributed by atoms with Crippen LogP contribution in [0.25, 0.3) is 0 Å². The summed E-state index contributed by atoms with van der Waals surface area (Å²) in [5, 5.41) is 4.15. The third-order valence-corrected chi connectivity index (χ3v) is 3.98. The Morgan fingerprint density at radius 3 is 2.50 bits per heavy atom. The number of nitrogens with zero attached hydrogens (tertiary/aromatic N) is 4. The maximum atomic E-state index is 6.18. The fourth-order valence-electron chi connectivity index (χ4n) is 1.54. The van der Waals surface area contributed by atoms with Crippen LogP contribution >= 0.6 is 46.4 Å². The minimum Gasteiger partial charge on any atom is -0.336 e. The van der Waals surface area contributed by atoms with Crippen molar-refractivity contribution in [2.45, 2.75) is 0 Å². The van der Waals surface area contributed by atoms with E-state index in [1.807, 2.05) is 0 Å². The number of hydrogen-bond donors (Lipinski definition) is 1. The molecule has 0 unspecified atom stereocenters. The highest BCUT2D eigenvalue weighted by Gasteiger charge is 2.20. The van der Waals surface area contributed by atoms with Gasteiger partial charge in [-0.15, -0.1) is 0 Å². The second kappa shape index (κ2) is 5.46. The molecule has 1 aliphatic heterocycles. The lowest BCUT2D eigenvalue weighted by molar-refractivity contribution is 1.17. The average molecular weight is 367 g/mol. The zero-order valence-corrected chi connectivity index (χ0v) is 13.2. The Hall–Kier alpha value is -0.920. The average Bonchev–Trinajstić information content (AvgIpc) is 2.88. The number of fused-ring (bicyclic) bond motifs is 1. The van der Waals surface area contributed by atoms with E-state index in [1.54, 1.807) is 6.07 Å². The highest BCUT2D eigenvalue weighted by molar-refractivity contribution is 7.58. The maximum Gasteiger partial charge on any atom is 0.224 e. The van der Waals surface area contributed by atoms with Gasteiger partial charge in [-0.3, -0.25) is 0 Å². The van der Waals surface area contributed by atoms with Crippen molar-refractivity contribution in [1.82, 2.24) is 9.97 Å². The smallest absolute Gasteiger partial charge is 0.224 e. The monoisotopic (exact) mass is 365 g/mol. The summed E-state index contributed by atoms with van der Waals surface area (Å²) >= 11 is 25.0. The third-order valence-electron chi connectivity index (χ3n) is 2.40. The molecule has 20 heavy (non-hydrogen) atoms. The van der Waals surface area contributed by atoms with Gasteiger partial charge in [0, 0.05) is 0 Å². The zero-order chi connectivity index (χ0) is 14.3. The van der Waals surface area contributed by atoms with Gasteiger partial charge in [-0.25, -0.2) is 4.98 Å². The molecule has 0 saturated heterocycles. The number of halogens is 4. The normalized spacial score (nSPS) is 12.2. The van der Waals surface area contributed by atoms with Crippen LogP contribution in [0.2, 0.25) is 20.4 Å². The molecule has 0 radical (unpaired) electrons. The van der Waals surface area contributed by atoms with Gasteiger partial charge < -0.3 is 5.32 Å². The van der Waals surface area contributed by atoms with Crippen LogP contribution < -0.4 is 5.32 Å². The maximum absolute atomic E-state index is 6.18. The Kier molecular flexibility index (Phi) is 3.83. The number of hydrogen-bond acceptors (Lipinski definition) is 5. The van der Waals surface area contributed by atoms with Crippen LogP contribution in [0.4, 0.5) is 22.9 Å². The summed E-state index contributed by atoms with van der Waals surface area (Å²) in [6, 6.07) is 1.58. The van der Waals surface area contributed by atoms with Gasteiger partial charge in [-0.2, -0.15) is 13.7 Å². The molecule has 0 spiro atoms. The summed E-state index contributed by atoms with van der Waals surface area (Å²) in [5.74, 6) is 0.324. The number of nitrogens with one attached hydrogen (secondary N) is 1. The molecule has 10 heteroatoms. The molecule has 1 aliphatic rings. The van der Waals surface area contributed by atoms with Gasteiger partial charge in [0.25, 0.3) is 0 Å². The molecule has 0 fully saturated rings. The van der Waals surface area contributed by atoms with E-state index in [4.69, 9.17) is 46.4 Å². The molecule has 0 saturated carbocycles. The first-order valence-electron chi connectivity index (χ1n) is 5.11. The van der Waals surface area contributed by atoms with Gasteiger partial charge in [0.1, 0.15) is 16.4 Å². The van der Waals surface area contributed by atoms with Crippen molar-refractivity contribution in [2.75, 3.05) is 5.32 Å². The lowest BCUT2D eigenvalue weighted by Crippen LogP contribution is -1.97. The largest absolute Gasteiger partial charge is 0.336 e. The first kappa shape index (κ1) is 14.0. The standard InChI is InChI=1S/C10H3Cl4N5S/c11-3-1-4(12)7-8(19-20-18-7)6(3)16-9-5(13)2-15-10(14)17-9/h1-2H,(H,15,16,17). The summed E-state index contributed by atoms with van der Waals surface area (Å²) in [5.41, 5.74) is 1.61. The molecule has 5 nitrogen and oxygen atoms in total. The topological polar surface area (TPSA) is 62.5 Å². The van der Waals surface area contributed by atoms with E-state index in [9.17, 15) is 0 Å². The molecule has 0 amide bonds. The molecule has 0 aliphatic carbocycles. The van der Waals surface area contributed by atoms with Crippen LogP contribution in [0.1, 0.15) is 0 Å². The minimum absolute atomic E-state index is 0.0645. The number of anilines is 2. The van der Waals surface area contributed by atoms with Crippen molar-refractivity contribution in [3.63, 3.8) is 0 Å². The van der Waals surface area contributed by atoms with E-state index in [0.29, 0.717) is 37.9 Å². The Morgan fingerprint density at radius 2 is 1.70 bits per heavy atom. The summed E-state index contributed by atoms with van der Waals surface area (Å²) in [6.07, 6.45) is 1.39. The fraction of sp³-hybridized carbons (Fsp3) is 0. The van der Waals surface area contributed by atoms with Gasteiger partial charge >= 0.3 is 0 Å². The van der Waals surface area contributed by atoms with Crippen LogP contribution in [0.15, 0.2) is 21.0 Å². The second-order valence-electron chi connectivity index (χ2n) is 3.64. The van der Waals surface area contributed by atoms with Gasteiger partial charge in [0.05, 0.1) is 33.3 Å². The molecule has 102 valence electrons. The zero-order valence-electron chi connectivity index (χ0n) is 9.36. The highest BCUT2D eigenvalue weighted by atomic mass is 35.5. The summed E-state index contributed by atoms with van der Waals surface area (Å²) in [4.78, 5) is 7.77. The van der Waals surface area contributed by atoms with E-state index in [1.165, 1.54) is 6.20 Å². The van der Waals surface area contributed by atoms with Crippen LogP contribution in [0.5, 0.6) is 0 Å². The van der Waals surface area contributed by atoms with Gasteiger partial charge in [-0.05, 0) is 17.7 Å². The Morgan fingerprint density at radius 1 is 0.950 bits per heavy atom. The summed E-state index contributed by atoms with van der Waals surface area (Å²) in [6.45, 7) is 0. The predicted molar refractivity (Wildman–Crippen MR) is 83.3 cm³/mol. The predicted octanol–water partition coefficient (Wildman–Crippen LogP) is 5.56.